The fourth-order valence-electron chi connectivity index (χ4n) is 1.64. The van der Waals surface area contributed by atoms with E-state index in [1.807, 2.05) is 18.3 Å². The van der Waals surface area contributed by atoms with Gasteiger partial charge in [0.05, 0.1) is 12.8 Å². The molecule has 0 aliphatic heterocycles. The van der Waals surface area contributed by atoms with E-state index in [2.05, 4.69) is 45.7 Å². The lowest BCUT2D eigenvalue weighted by Crippen LogP contribution is -2.22. The van der Waals surface area contributed by atoms with Gasteiger partial charge in [0.15, 0.2) is 0 Å². The summed E-state index contributed by atoms with van der Waals surface area (Å²) >= 11 is 3.46. The fraction of sp³-hybridized carbons (Fsp3) is 0.308. The molecule has 0 radical (unpaired) electrons. The predicted molar refractivity (Wildman–Crippen MR) is 72.1 cm³/mol. The Morgan fingerprint density at radius 1 is 1.47 bits per heavy atom. The molecular weight excluding hydrogens is 280 g/mol. The molecule has 2 heterocycles. The third-order valence-electron chi connectivity index (χ3n) is 2.67. The lowest BCUT2D eigenvalue weighted by atomic mass is 10.3. The highest BCUT2D eigenvalue weighted by Crippen LogP contribution is 2.21. The van der Waals surface area contributed by atoms with Crippen molar-refractivity contribution in [1.29, 1.82) is 0 Å². The van der Waals surface area contributed by atoms with Crippen molar-refractivity contribution >= 4 is 21.7 Å². The zero-order chi connectivity index (χ0) is 12.3. The van der Waals surface area contributed by atoms with Crippen LogP contribution in [0.1, 0.15) is 18.2 Å². The van der Waals surface area contributed by atoms with E-state index in [1.54, 1.807) is 6.26 Å². The van der Waals surface area contributed by atoms with E-state index in [1.165, 1.54) is 5.56 Å². The van der Waals surface area contributed by atoms with Crippen LogP contribution in [0.4, 0.5) is 5.82 Å². The molecule has 2 aromatic heterocycles. The standard InChI is InChI=1S/C13H15BrN2O/c1-3-16(9-11-5-4-6-17-11)13-7-10(2)12(14)8-15-13/h4-8H,3,9H2,1-2H3. The Kier molecular flexibility index (Phi) is 3.84. The van der Waals surface area contributed by atoms with Gasteiger partial charge in [0.1, 0.15) is 11.6 Å². The van der Waals surface area contributed by atoms with Crippen LogP contribution >= 0.6 is 15.9 Å². The van der Waals surface area contributed by atoms with Crippen molar-refractivity contribution in [2.45, 2.75) is 20.4 Å². The van der Waals surface area contributed by atoms with Crippen molar-refractivity contribution in [2.75, 3.05) is 11.4 Å². The lowest BCUT2D eigenvalue weighted by molar-refractivity contribution is 0.503. The largest absolute Gasteiger partial charge is 0.467 e. The fourth-order valence-corrected chi connectivity index (χ4v) is 1.86. The Morgan fingerprint density at radius 3 is 2.88 bits per heavy atom. The van der Waals surface area contributed by atoms with E-state index in [-0.39, 0.29) is 0 Å². The summed E-state index contributed by atoms with van der Waals surface area (Å²) in [5.41, 5.74) is 1.19. The number of hydrogen-bond acceptors (Lipinski definition) is 3. The summed E-state index contributed by atoms with van der Waals surface area (Å²) < 4.78 is 6.40. The van der Waals surface area contributed by atoms with Crippen LogP contribution in [0.2, 0.25) is 0 Å². The summed E-state index contributed by atoms with van der Waals surface area (Å²) in [6, 6.07) is 5.97. The van der Waals surface area contributed by atoms with Gasteiger partial charge in [-0.3, -0.25) is 0 Å². The Balaban J connectivity index is 2.20. The first-order chi connectivity index (χ1) is 8.20. The molecule has 0 saturated heterocycles. The van der Waals surface area contributed by atoms with Crippen molar-refractivity contribution < 1.29 is 4.42 Å². The minimum absolute atomic E-state index is 0.748. The van der Waals surface area contributed by atoms with Gasteiger partial charge in [-0.1, -0.05) is 0 Å². The highest BCUT2D eigenvalue weighted by Gasteiger charge is 2.09. The molecule has 17 heavy (non-hydrogen) atoms. The molecule has 0 bridgehead atoms. The van der Waals surface area contributed by atoms with Crippen molar-refractivity contribution in [1.82, 2.24) is 4.98 Å². The minimum atomic E-state index is 0.748. The zero-order valence-corrected chi connectivity index (χ0v) is 11.6. The summed E-state index contributed by atoms with van der Waals surface area (Å²) in [4.78, 5) is 6.61. The Labute approximate surface area is 110 Å². The molecule has 0 N–H and O–H groups in total. The smallest absolute Gasteiger partial charge is 0.129 e. The highest BCUT2D eigenvalue weighted by molar-refractivity contribution is 9.10. The summed E-state index contributed by atoms with van der Waals surface area (Å²) in [5.74, 6) is 1.93. The van der Waals surface area contributed by atoms with E-state index in [0.717, 1.165) is 29.1 Å². The van der Waals surface area contributed by atoms with Gasteiger partial charge in [-0.25, -0.2) is 4.98 Å². The molecule has 3 nitrogen and oxygen atoms in total. The first kappa shape index (κ1) is 12.2. The second-order valence-corrected chi connectivity index (χ2v) is 4.74. The SMILES string of the molecule is CCN(Cc1ccco1)c1cc(C)c(Br)cn1. The Bertz CT molecular complexity index is 482. The zero-order valence-electron chi connectivity index (χ0n) is 9.98. The van der Waals surface area contributed by atoms with Gasteiger partial charge in [-0.2, -0.15) is 0 Å². The van der Waals surface area contributed by atoms with E-state index < -0.39 is 0 Å². The molecule has 0 amide bonds. The Hall–Kier alpha value is -1.29. The van der Waals surface area contributed by atoms with Crippen molar-refractivity contribution in [3.05, 3.63) is 46.5 Å². The lowest BCUT2D eigenvalue weighted by Gasteiger charge is -2.21. The molecule has 0 aromatic carbocycles. The number of rotatable bonds is 4. The average molecular weight is 295 g/mol. The number of halogens is 1. The second kappa shape index (κ2) is 5.36. The second-order valence-electron chi connectivity index (χ2n) is 3.89. The van der Waals surface area contributed by atoms with Crippen molar-refractivity contribution in [3.63, 3.8) is 0 Å². The van der Waals surface area contributed by atoms with Gasteiger partial charge >= 0.3 is 0 Å². The van der Waals surface area contributed by atoms with Crippen LogP contribution in [-0.2, 0) is 6.54 Å². The molecule has 0 saturated carbocycles. The maximum absolute atomic E-state index is 5.36. The predicted octanol–water partition coefficient (Wildman–Crippen LogP) is 3.77. The van der Waals surface area contributed by atoms with Crippen LogP contribution in [0.15, 0.2) is 39.5 Å². The highest BCUT2D eigenvalue weighted by atomic mass is 79.9. The van der Waals surface area contributed by atoms with E-state index in [9.17, 15) is 0 Å². The van der Waals surface area contributed by atoms with Gasteiger partial charge in [0.2, 0.25) is 0 Å². The van der Waals surface area contributed by atoms with Gasteiger partial charge < -0.3 is 9.32 Å². The first-order valence-corrected chi connectivity index (χ1v) is 6.39. The summed E-state index contributed by atoms with van der Waals surface area (Å²) in [6.45, 7) is 5.82. The molecule has 2 rings (SSSR count). The van der Waals surface area contributed by atoms with E-state index in [4.69, 9.17) is 4.42 Å². The summed E-state index contributed by atoms with van der Waals surface area (Å²) in [7, 11) is 0. The van der Waals surface area contributed by atoms with Gasteiger partial charge in [0, 0.05) is 17.2 Å². The normalized spacial score (nSPS) is 10.5. The number of hydrogen-bond donors (Lipinski definition) is 0. The van der Waals surface area contributed by atoms with Crippen LogP contribution in [0, 0.1) is 6.92 Å². The first-order valence-electron chi connectivity index (χ1n) is 5.60. The third-order valence-corrected chi connectivity index (χ3v) is 3.50. The number of furan rings is 1. The molecule has 0 atom stereocenters. The van der Waals surface area contributed by atoms with Gasteiger partial charge in [-0.05, 0) is 53.5 Å². The molecule has 0 aliphatic carbocycles. The molecular formula is C13H15BrN2O. The number of anilines is 1. The summed E-state index contributed by atoms with van der Waals surface area (Å²) in [6.07, 6.45) is 3.54. The molecule has 90 valence electrons. The average Bonchev–Trinajstić information content (AvgIpc) is 2.82. The summed E-state index contributed by atoms with van der Waals surface area (Å²) in [5, 5.41) is 0. The molecule has 2 aromatic rings. The van der Waals surface area contributed by atoms with Crippen LogP contribution < -0.4 is 4.90 Å². The quantitative estimate of drug-likeness (QED) is 0.859. The monoisotopic (exact) mass is 294 g/mol. The molecule has 0 aliphatic rings. The number of aryl methyl sites for hydroxylation is 1. The van der Waals surface area contributed by atoms with Crippen LogP contribution in [0.5, 0.6) is 0 Å². The van der Waals surface area contributed by atoms with Crippen LogP contribution in [0.25, 0.3) is 0 Å². The molecule has 0 spiro atoms. The van der Waals surface area contributed by atoms with Gasteiger partial charge in [-0.15, -0.1) is 0 Å². The number of nitrogens with zero attached hydrogens (tertiary/aromatic N) is 2. The van der Waals surface area contributed by atoms with E-state index in [0.29, 0.717) is 0 Å². The molecule has 0 unspecified atom stereocenters. The van der Waals surface area contributed by atoms with Crippen molar-refractivity contribution in [3.8, 4) is 0 Å². The Morgan fingerprint density at radius 2 is 2.29 bits per heavy atom. The van der Waals surface area contributed by atoms with E-state index >= 15 is 0 Å². The topological polar surface area (TPSA) is 29.3 Å². The molecule has 4 heteroatoms. The van der Waals surface area contributed by atoms with Crippen molar-refractivity contribution in [2.24, 2.45) is 0 Å². The number of pyridine rings is 1. The third kappa shape index (κ3) is 2.88. The van der Waals surface area contributed by atoms with Crippen LogP contribution in [0.3, 0.4) is 0 Å². The van der Waals surface area contributed by atoms with Crippen LogP contribution in [-0.4, -0.2) is 11.5 Å². The molecule has 0 fully saturated rings. The minimum Gasteiger partial charge on any atom is -0.467 e. The maximum atomic E-state index is 5.36. The van der Waals surface area contributed by atoms with Gasteiger partial charge in [0.25, 0.3) is 0 Å². The number of aromatic nitrogens is 1. The maximum Gasteiger partial charge on any atom is 0.129 e.